The van der Waals surface area contributed by atoms with Crippen molar-refractivity contribution in [3.63, 3.8) is 0 Å². The average molecular weight is 325 g/mol. The Labute approximate surface area is 102 Å². The van der Waals surface area contributed by atoms with Crippen LogP contribution in [0.15, 0.2) is 12.1 Å². The monoisotopic (exact) mass is 324 g/mol. The number of rotatable bonds is 3. The van der Waals surface area contributed by atoms with Crippen molar-refractivity contribution in [3.8, 4) is 5.75 Å². The Kier molecular flexibility index (Phi) is 4.19. The predicted molar refractivity (Wildman–Crippen MR) is 65.3 cm³/mol. The molecule has 0 saturated heterocycles. The smallest absolute Gasteiger partial charge is 0.161 e. The summed E-state index contributed by atoms with van der Waals surface area (Å²) in [6, 6.07) is 3.58. The molecule has 0 spiro atoms. The summed E-state index contributed by atoms with van der Waals surface area (Å²) in [5.74, 6) is 0.528. The lowest BCUT2D eigenvalue weighted by Gasteiger charge is -2.09. The van der Waals surface area contributed by atoms with Crippen LogP contribution in [0.1, 0.15) is 24.2 Å². The van der Waals surface area contributed by atoms with Gasteiger partial charge in [0.15, 0.2) is 5.78 Å². The summed E-state index contributed by atoms with van der Waals surface area (Å²) < 4.78 is 6.26. The first-order valence-electron chi connectivity index (χ1n) is 4.19. The number of ether oxygens (including phenoxy) is 1. The van der Waals surface area contributed by atoms with Gasteiger partial charge in [-0.05, 0) is 48.6 Å². The molecule has 0 fully saturated rings. The maximum absolute atomic E-state index is 11.2. The Morgan fingerprint density at radius 3 is 2.71 bits per heavy atom. The molecule has 1 aromatic rings. The highest BCUT2D eigenvalue weighted by Gasteiger charge is 2.12. The fraction of sp³-hybridized carbons (Fsp3) is 0.300. The van der Waals surface area contributed by atoms with Crippen LogP contribution in [-0.2, 0) is 0 Å². The Balaban J connectivity index is 3.24. The van der Waals surface area contributed by atoms with Crippen LogP contribution >= 0.6 is 34.2 Å². The zero-order valence-electron chi connectivity index (χ0n) is 7.93. The van der Waals surface area contributed by atoms with Crippen LogP contribution in [-0.4, -0.2) is 12.4 Å². The van der Waals surface area contributed by atoms with Crippen LogP contribution < -0.4 is 4.74 Å². The van der Waals surface area contributed by atoms with E-state index in [4.69, 9.17) is 16.3 Å². The summed E-state index contributed by atoms with van der Waals surface area (Å²) in [5.41, 5.74) is 0.516. The summed E-state index contributed by atoms with van der Waals surface area (Å²) in [6.45, 7) is 3.91. The SMILES string of the molecule is CCOc1cc(I)cc(C(C)=O)c1Cl. The quantitative estimate of drug-likeness (QED) is 0.628. The molecule has 4 heteroatoms. The lowest BCUT2D eigenvalue weighted by atomic mass is 10.1. The third kappa shape index (κ3) is 2.60. The molecule has 0 bridgehead atoms. The van der Waals surface area contributed by atoms with Crippen molar-refractivity contribution in [1.29, 1.82) is 0 Å². The predicted octanol–water partition coefficient (Wildman–Crippen LogP) is 3.55. The minimum absolute atomic E-state index is 0.0468. The summed E-state index contributed by atoms with van der Waals surface area (Å²) in [7, 11) is 0. The van der Waals surface area contributed by atoms with E-state index in [1.165, 1.54) is 6.92 Å². The summed E-state index contributed by atoms with van der Waals surface area (Å²) in [6.07, 6.45) is 0. The zero-order chi connectivity index (χ0) is 10.7. The van der Waals surface area contributed by atoms with E-state index in [-0.39, 0.29) is 5.78 Å². The first kappa shape index (κ1) is 11.8. The fourth-order valence-corrected chi connectivity index (χ4v) is 1.97. The molecule has 14 heavy (non-hydrogen) atoms. The van der Waals surface area contributed by atoms with Gasteiger partial charge in [0.1, 0.15) is 5.75 Å². The topological polar surface area (TPSA) is 26.3 Å². The van der Waals surface area contributed by atoms with Crippen LogP contribution in [0.3, 0.4) is 0 Å². The van der Waals surface area contributed by atoms with E-state index in [0.29, 0.717) is 22.9 Å². The van der Waals surface area contributed by atoms with Gasteiger partial charge in [0, 0.05) is 9.13 Å². The van der Waals surface area contributed by atoms with Crippen LogP contribution in [0, 0.1) is 3.57 Å². The van der Waals surface area contributed by atoms with E-state index in [1.807, 2.05) is 13.0 Å². The molecule has 0 aliphatic carbocycles. The maximum atomic E-state index is 11.2. The standard InChI is InChI=1S/C10H10ClIO2/c1-3-14-9-5-7(12)4-8(6(2)13)10(9)11/h4-5H,3H2,1-2H3. The fourth-order valence-electron chi connectivity index (χ4n) is 1.08. The molecule has 0 atom stereocenters. The molecule has 2 nitrogen and oxygen atoms in total. The first-order valence-corrected chi connectivity index (χ1v) is 5.64. The summed E-state index contributed by atoms with van der Waals surface area (Å²) in [5, 5.41) is 0.403. The van der Waals surface area contributed by atoms with Crippen molar-refractivity contribution < 1.29 is 9.53 Å². The second kappa shape index (κ2) is 4.98. The van der Waals surface area contributed by atoms with Gasteiger partial charge in [-0.2, -0.15) is 0 Å². The minimum atomic E-state index is -0.0468. The van der Waals surface area contributed by atoms with Crippen molar-refractivity contribution in [1.82, 2.24) is 0 Å². The highest BCUT2D eigenvalue weighted by molar-refractivity contribution is 14.1. The van der Waals surface area contributed by atoms with Crippen LogP contribution in [0.2, 0.25) is 5.02 Å². The molecule has 76 valence electrons. The average Bonchev–Trinajstić information content (AvgIpc) is 2.10. The molecule has 0 N–H and O–H groups in total. The Morgan fingerprint density at radius 1 is 1.57 bits per heavy atom. The molecule has 0 saturated carbocycles. The molecule has 0 amide bonds. The normalized spacial score (nSPS) is 10.0. The van der Waals surface area contributed by atoms with Gasteiger partial charge in [0.25, 0.3) is 0 Å². The van der Waals surface area contributed by atoms with E-state index in [9.17, 15) is 4.79 Å². The summed E-state index contributed by atoms with van der Waals surface area (Å²) in [4.78, 5) is 11.2. The van der Waals surface area contributed by atoms with Gasteiger partial charge in [-0.1, -0.05) is 11.6 Å². The molecule has 0 aromatic heterocycles. The van der Waals surface area contributed by atoms with Gasteiger partial charge in [-0.3, -0.25) is 4.79 Å². The van der Waals surface area contributed by atoms with Crippen molar-refractivity contribution >= 4 is 40.0 Å². The van der Waals surface area contributed by atoms with Crippen molar-refractivity contribution in [2.75, 3.05) is 6.61 Å². The van der Waals surface area contributed by atoms with E-state index in [2.05, 4.69) is 22.6 Å². The second-order valence-electron chi connectivity index (χ2n) is 2.75. The number of carbonyl (C=O) groups excluding carboxylic acids is 1. The van der Waals surface area contributed by atoms with E-state index >= 15 is 0 Å². The molecule has 0 unspecified atom stereocenters. The third-order valence-corrected chi connectivity index (χ3v) is 2.70. The summed E-state index contributed by atoms with van der Waals surface area (Å²) >= 11 is 8.14. The van der Waals surface area contributed by atoms with Crippen LogP contribution in [0.25, 0.3) is 0 Å². The Morgan fingerprint density at radius 2 is 2.21 bits per heavy atom. The largest absolute Gasteiger partial charge is 0.492 e. The van der Waals surface area contributed by atoms with Gasteiger partial charge in [-0.15, -0.1) is 0 Å². The first-order chi connectivity index (χ1) is 6.56. The zero-order valence-corrected chi connectivity index (χ0v) is 10.8. The molecule has 0 heterocycles. The second-order valence-corrected chi connectivity index (χ2v) is 4.38. The lowest BCUT2D eigenvalue weighted by molar-refractivity contribution is 0.101. The van der Waals surface area contributed by atoms with Crippen LogP contribution in [0.5, 0.6) is 5.75 Å². The van der Waals surface area contributed by atoms with Gasteiger partial charge in [0.05, 0.1) is 11.6 Å². The molecule has 1 rings (SSSR count). The molecular weight excluding hydrogens is 314 g/mol. The number of ketones is 1. The molecule has 0 aliphatic heterocycles. The van der Waals surface area contributed by atoms with Gasteiger partial charge >= 0.3 is 0 Å². The molecule has 1 aromatic carbocycles. The third-order valence-electron chi connectivity index (χ3n) is 1.68. The Bertz CT molecular complexity index is 363. The lowest BCUT2D eigenvalue weighted by Crippen LogP contribution is -1.99. The van der Waals surface area contributed by atoms with Crippen LogP contribution in [0.4, 0.5) is 0 Å². The van der Waals surface area contributed by atoms with Gasteiger partial charge in [-0.25, -0.2) is 0 Å². The van der Waals surface area contributed by atoms with E-state index in [1.54, 1.807) is 6.07 Å². The highest BCUT2D eigenvalue weighted by Crippen LogP contribution is 2.30. The van der Waals surface area contributed by atoms with Gasteiger partial charge in [0.2, 0.25) is 0 Å². The maximum Gasteiger partial charge on any atom is 0.161 e. The van der Waals surface area contributed by atoms with E-state index < -0.39 is 0 Å². The number of carbonyl (C=O) groups is 1. The van der Waals surface area contributed by atoms with Crippen molar-refractivity contribution in [2.24, 2.45) is 0 Å². The number of halogens is 2. The van der Waals surface area contributed by atoms with Gasteiger partial charge < -0.3 is 4.74 Å². The number of hydrogen-bond donors (Lipinski definition) is 0. The number of benzene rings is 1. The molecule has 0 aliphatic rings. The van der Waals surface area contributed by atoms with E-state index in [0.717, 1.165) is 3.57 Å². The number of hydrogen-bond acceptors (Lipinski definition) is 2. The molecule has 0 radical (unpaired) electrons. The Hall–Kier alpha value is -0.290. The minimum Gasteiger partial charge on any atom is -0.492 e. The van der Waals surface area contributed by atoms with Crippen molar-refractivity contribution in [2.45, 2.75) is 13.8 Å². The molecular formula is C10H10ClIO2. The number of Topliss-reactive ketones (excluding diaryl/α,β-unsaturated/α-hetero) is 1. The van der Waals surface area contributed by atoms with Crippen molar-refractivity contribution in [3.05, 3.63) is 26.3 Å². The highest BCUT2D eigenvalue weighted by atomic mass is 127.